The molecule has 0 spiro atoms. The van der Waals surface area contributed by atoms with Crippen molar-refractivity contribution >= 4 is 52.3 Å². The monoisotopic (exact) mass is 597 g/mol. The minimum Gasteiger partial charge on any atom is -0.447 e. The van der Waals surface area contributed by atoms with E-state index in [-0.39, 0.29) is 52.4 Å². The van der Waals surface area contributed by atoms with Crippen LogP contribution in [0.1, 0.15) is 64.0 Å². The molecule has 1 aliphatic heterocycles. The van der Waals surface area contributed by atoms with Crippen LogP contribution in [0.2, 0.25) is 5.02 Å². The molecule has 2 amide bonds. The average molecular weight is 598 g/mol. The zero-order chi connectivity index (χ0) is 30.0. The lowest BCUT2D eigenvalue weighted by atomic mass is 9.85. The highest BCUT2D eigenvalue weighted by atomic mass is 35.5. The SMILES string of the molecule is CC(C)OC(=O)N1CCC[C@@H](Nc2ncc3nc(Nc4c(F)cc(C#N)cc4Cl)n(C4CCC(C(N)=O)CC4)c3n2)C1. The molecule has 0 unspecified atom stereocenters. The van der Waals surface area contributed by atoms with E-state index >= 15 is 0 Å². The molecule has 14 heteroatoms. The number of halogens is 2. The number of amides is 2. The molecule has 3 aromatic rings. The molecule has 5 rings (SSSR count). The number of ether oxygens (including phenoxy) is 1. The number of imidazole rings is 1. The van der Waals surface area contributed by atoms with E-state index in [1.807, 2.05) is 24.5 Å². The number of primary amides is 1. The maximum atomic E-state index is 15.0. The number of hydrogen-bond acceptors (Lipinski definition) is 9. The molecule has 2 aliphatic rings. The molecule has 3 heterocycles. The number of carbonyl (C=O) groups excluding carboxylic acids is 2. The van der Waals surface area contributed by atoms with Crippen LogP contribution in [0.4, 0.5) is 26.8 Å². The number of rotatable bonds is 7. The number of benzene rings is 1. The van der Waals surface area contributed by atoms with Crippen LogP contribution in [0, 0.1) is 23.1 Å². The molecular formula is C28H33ClFN9O3. The van der Waals surface area contributed by atoms with E-state index in [1.165, 1.54) is 6.07 Å². The predicted octanol–water partition coefficient (Wildman–Crippen LogP) is 4.87. The zero-order valence-electron chi connectivity index (χ0n) is 23.4. The largest absolute Gasteiger partial charge is 0.447 e. The Morgan fingerprint density at radius 2 is 1.98 bits per heavy atom. The number of fused-ring (bicyclic) bond motifs is 1. The Balaban J connectivity index is 1.46. The summed E-state index contributed by atoms with van der Waals surface area (Å²) in [5.74, 6) is -0.540. The second-order valence-corrected chi connectivity index (χ2v) is 11.4. The Labute approximate surface area is 247 Å². The molecule has 12 nitrogen and oxygen atoms in total. The number of aromatic nitrogens is 4. The maximum absolute atomic E-state index is 15.0. The summed E-state index contributed by atoms with van der Waals surface area (Å²) in [6.07, 6.45) is 5.15. The minimum absolute atomic E-state index is 0.0140. The van der Waals surface area contributed by atoms with Gasteiger partial charge in [0.1, 0.15) is 11.3 Å². The second-order valence-electron chi connectivity index (χ2n) is 11.0. The molecule has 2 fully saturated rings. The minimum atomic E-state index is -0.693. The molecule has 1 saturated heterocycles. The molecule has 1 aliphatic carbocycles. The molecule has 1 aromatic carbocycles. The van der Waals surface area contributed by atoms with Crippen LogP contribution in [-0.4, -0.2) is 61.7 Å². The van der Waals surface area contributed by atoms with Crippen molar-refractivity contribution in [3.63, 3.8) is 0 Å². The van der Waals surface area contributed by atoms with Gasteiger partial charge in [-0.25, -0.2) is 19.2 Å². The van der Waals surface area contributed by atoms with Gasteiger partial charge >= 0.3 is 6.09 Å². The first-order valence-electron chi connectivity index (χ1n) is 14.1. The quantitative estimate of drug-likeness (QED) is 0.344. The Hall–Kier alpha value is -4.18. The normalized spacial score (nSPS) is 20.8. The van der Waals surface area contributed by atoms with Crippen LogP contribution in [0.15, 0.2) is 18.3 Å². The van der Waals surface area contributed by atoms with Gasteiger partial charge in [-0.2, -0.15) is 10.2 Å². The fourth-order valence-electron chi connectivity index (χ4n) is 5.60. The number of anilines is 3. The van der Waals surface area contributed by atoms with Gasteiger partial charge in [0.25, 0.3) is 0 Å². The lowest BCUT2D eigenvalue weighted by molar-refractivity contribution is -0.122. The van der Waals surface area contributed by atoms with Crippen molar-refractivity contribution in [2.24, 2.45) is 11.7 Å². The number of likely N-dealkylation sites (tertiary alicyclic amines) is 1. The molecule has 0 radical (unpaired) electrons. The highest BCUT2D eigenvalue weighted by molar-refractivity contribution is 6.33. The van der Waals surface area contributed by atoms with Crippen molar-refractivity contribution in [1.82, 2.24) is 24.4 Å². The van der Waals surface area contributed by atoms with Crippen molar-refractivity contribution < 1.29 is 18.7 Å². The highest BCUT2D eigenvalue weighted by Gasteiger charge is 2.30. The lowest BCUT2D eigenvalue weighted by Crippen LogP contribution is -2.46. The predicted molar refractivity (Wildman–Crippen MR) is 155 cm³/mol. The number of nitrogens with one attached hydrogen (secondary N) is 2. The van der Waals surface area contributed by atoms with E-state index in [0.717, 1.165) is 18.9 Å². The lowest BCUT2D eigenvalue weighted by Gasteiger charge is -2.33. The summed E-state index contributed by atoms with van der Waals surface area (Å²) in [4.78, 5) is 39.8. The van der Waals surface area contributed by atoms with Gasteiger partial charge in [-0.15, -0.1) is 0 Å². The number of carbonyl (C=O) groups is 2. The molecule has 42 heavy (non-hydrogen) atoms. The smallest absolute Gasteiger partial charge is 0.410 e. The zero-order valence-corrected chi connectivity index (χ0v) is 24.2. The molecule has 4 N–H and O–H groups in total. The highest BCUT2D eigenvalue weighted by Crippen LogP contribution is 2.38. The van der Waals surface area contributed by atoms with Gasteiger partial charge in [-0.1, -0.05) is 11.6 Å². The Morgan fingerprint density at radius 1 is 1.21 bits per heavy atom. The average Bonchev–Trinajstić information content (AvgIpc) is 3.31. The van der Waals surface area contributed by atoms with Crippen LogP contribution in [0.5, 0.6) is 0 Å². The molecule has 222 valence electrons. The summed E-state index contributed by atoms with van der Waals surface area (Å²) >= 11 is 6.33. The van der Waals surface area contributed by atoms with Crippen LogP contribution >= 0.6 is 11.6 Å². The third-order valence-corrected chi connectivity index (χ3v) is 7.95. The van der Waals surface area contributed by atoms with Crippen molar-refractivity contribution in [2.45, 2.75) is 70.6 Å². The molecule has 0 bridgehead atoms. The summed E-state index contributed by atoms with van der Waals surface area (Å²) in [5.41, 5.74) is 6.65. The first-order valence-corrected chi connectivity index (χ1v) is 14.4. The van der Waals surface area contributed by atoms with E-state index in [2.05, 4.69) is 20.6 Å². The first kappa shape index (κ1) is 29.3. The molecule has 1 atom stereocenters. The van der Waals surface area contributed by atoms with E-state index in [0.29, 0.717) is 61.8 Å². The topological polar surface area (TPSA) is 164 Å². The summed E-state index contributed by atoms with van der Waals surface area (Å²) < 4.78 is 22.2. The van der Waals surface area contributed by atoms with Gasteiger partial charge in [0.2, 0.25) is 17.8 Å². The Morgan fingerprint density at radius 3 is 2.64 bits per heavy atom. The van der Waals surface area contributed by atoms with Crippen molar-refractivity contribution in [3.05, 3.63) is 34.7 Å². The summed E-state index contributed by atoms with van der Waals surface area (Å²) in [6.45, 7) is 4.70. The number of nitrogens with two attached hydrogens (primary N) is 1. The molecule has 2 aromatic heterocycles. The number of nitrogens with zero attached hydrogens (tertiary/aromatic N) is 6. The van der Waals surface area contributed by atoms with Gasteiger partial charge in [-0.05, 0) is 64.5 Å². The number of nitriles is 1. The first-order chi connectivity index (χ1) is 20.1. The fourth-order valence-corrected chi connectivity index (χ4v) is 5.86. The fraction of sp³-hybridized carbons (Fsp3) is 0.500. The third-order valence-electron chi connectivity index (χ3n) is 7.65. The third kappa shape index (κ3) is 6.33. The van der Waals surface area contributed by atoms with Crippen LogP contribution in [0.3, 0.4) is 0 Å². The summed E-state index contributed by atoms with van der Waals surface area (Å²) in [7, 11) is 0. The van der Waals surface area contributed by atoms with Crippen LogP contribution < -0.4 is 16.4 Å². The number of hydrogen-bond donors (Lipinski definition) is 3. The van der Waals surface area contributed by atoms with Crippen molar-refractivity contribution in [1.29, 1.82) is 5.26 Å². The van der Waals surface area contributed by atoms with Crippen molar-refractivity contribution in [3.8, 4) is 6.07 Å². The van der Waals surface area contributed by atoms with Crippen molar-refractivity contribution in [2.75, 3.05) is 23.7 Å². The van der Waals surface area contributed by atoms with Crippen LogP contribution in [0.25, 0.3) is 11.2 Å². The Bertz CT molecular complexity index is 1510. The van der Waals surface area contributed by atoms with E-state index < -0.39 is 5.82 Å². The van der Waals surface area contributed by atoms with E-state index in [9.17, 15) is 14.0 Å². The maximum Gasteiger partial charge on any atom is 0.410 e. The molecule has 1 saturated carbocycles. The standard InChI is InChI=1S/C28H33ClFN9O3/c1-15(2)42-28(41)38-9-3-4-18(14-38)34-26-33-13-22-25(37-26)39(19-7-5-17(6-8-19)24(32)40)27(35-22)36-23-20(29)10-16(12-31)11-21(23)30/h10-11,13,15,17-19H,3-9,14H2,1-2H3,(H2,32,40)(H,35,36)(H,33,34,37)/t17?,18-,19?/m1/s1. The van der Waals surface area contributed by atoms with Crippen LogP contribution in [-0.2, 0) is 9.53 Å². The number of piperidine rings is 1. The summed E-state index contributed by atoms with van der Waals surface area (Å²) in [6, 6.07) is 4.19. The van der Waals surface area contributed by atoms with E-state index in [1.54, 1.807) is 11.1 Å². The van der Waals surface area contributed by atoms with Gasteiger partial charge in [0.05, 0.1) is 34.6 Å². The van der Waals surface area contributed by atoms with Gasteiger partial charge in [0, 0.05) is 31.1 Å². The van der Waals surface area contributed by atoms with Gasteiger partial charge in [0.15, 0.2) is 5.65 Å². The Kier molecular flexibility index (Phi) is 8.63. The van der Waals surface area contributed by atoms with Gasteiger partial charge in [-0.3, -0.25) is 9.36 Å². The summed E-state index contributed by atoms with van der Waals surface area (Å²) in [5, 5.41) is 15.6. The van der Waals surface area contributed by atoms with Gasteiger partial charge < -0.3 is 26.0 Å². The second kappa shape index (κ2) is 12.4. The molecular weight excluding hydrogens is 565 g/mol. The van der Waals surface area contributed by atoms with E-state index in [4.69, 9.17) is 32.3 Å².